The zero-order valence-electron chi connectivity index (χ0n) is 14.1. The van der Waals surface area contributed by atoms with Gasteiger partial charge in [-0.15, -0.1) is 0 Å². The molecular weight excluding hydrogens is 304 g/mol. The predicted octanol–water partition coefficient (Wildman–Crippen LogP) is 0.885. The fourth-order valence-corrected chi connectivity index (χ4v) is 2.89. The van der Waals surface area contributed by atoms with Gasteiger partial charge in [0.2, 0.25) is 0 Å². The second-order valence-corrected chi connectivity index (χ2v) is 6.13. The van der Waals surface area contributed by atoms with E-state index in [-0.39, 0.29) is 6.03 Å². The maximum atomic E-state index is 12.2. The third-order valence-corrected chi connectivity index (χ3v) is 4.24. The first-order valence-corrected chi connectivity index (χ1v) is 8.32. The highest BCUT2D eigenvalue weighted by atomic mass is 16.2. The molecule has 0 unspecified atom stereocenters. The molecular formula is C17H24N6O. The molecule has 3 heterocycles. The van der Waals surface area contributed by atoms with Crippen LogP contribution in [0.1, 0.15) is 11.1 Å². The number of aryl methyl sites for hydroxylation is 1. The van der Waals surface area contributed by atoms with Crippen LogP contribution in [0.4, 0.5) is 4.79 Å². The Kier molecular flexibility index (Phi) is 5.43. The predicted molar refractivity (Wildman–Crippen MR) is 91.4 cm³/mol. The lowest BCUT2D eigenvalue weighted by Crippen LogP contribution is -2.51. The minimum Gasteiger partial charge on any atom is -0.338 e. The van der Waals surface area contributed by atoms with Crippen molar-refractivity contribution in [2.75, 3.05) is 32.7 Å². The summed E-state index contributed by atoms with van der Waals surface area (Å²) in [6, 6.07) is 4.08. The summed E-state index contributed by atoms with van der Waals surface area (Å²) in [5.41, 5.74) is 2.35. The summed E-state index contributed by atoms with van der Waals surface area (Å²) in [6.45, 7) is 4.85. The number of nitrogens with zero attached hydrogens (tertiary/aromatic N) is 5. The first kappa shape index (κ1) is 16.4. The van der Waals surface area contributed by atoms with Crippen molar-refractivity contribution in [3.05, 3.63) is 48.0 Å². The molecule has 128 valence electrons. The van der Waals surface area contributed by atoms with Gasteiger partial charge in [0, 0.05) is 64.9 Å². The van der Waals surface area contributed by atoms with E-state index in [9.17, 15) is 4.79 Å². The molecule has 0 radical (unpaired) electrons. The third kappa shape index (κ3) is 4.55. The van der Waals surface area contributed by atoms with E-state index in [2.05, 4.69) is 26.4 Å². The molecule has 3 rings (SSSR count). The van der Waals surface area contributed by atoms with Crippen LogP contribution in [0.15, 0.2) is 36.9 Å². The maximum Gasteiger partial charge on any atom is 0.317 e. The van der Waals surface area contributed by atoms with Crippen LogP contribution in [-0.2, 0) is 20.0 Å². The second-order valence-electron chi connectivity index (χ2n) is 6.13. The average molecular weight is 328 g/mol. The zero-order valence-corrected chi connectivity index (χ0v) is 14.1. The third-order valence-electron chi connectivity index (χ3n) is 4.24. The van der Waals surface area contributed by atoms with Crippen LogP contribution >= 0.6 is 0 Å². The largest absolute Gasteiger partial charge is 0.338 e. The van der Waals surface area contributed by atoms with E-state index in [4.69, 9.17) is 0 Å². The molecule has 2 amide bonds. The molecule has 7 nitrogen and oxygen atoms in total. The normalized spacial score (nSPS) is 15.5. The van der Waals surface area contributed by atoms with Crippen LogP contribution in [0.3, 0.4) is 0 Å². The topological polar surface area (TPSA) is 66.3 Å². The van der Waals surface area contributed by atoms with Crippen molar-refractivity contribution < 1.29 is 4.79 Å². The number of urea groups is 1. The van der Waals surface area contributed by atoms with Crippen molar-refractivity contribution in [3.8, 4) is 0 Å². The molecule has 1 N–H and O–H groups in total. The zero-order chi connectivity index (χ0) is 16.8. The molecule has 24 heavy (non-hydrogen) atoms. The summed E-state index contributed by atoms with van der Waals surface area (Å²) in [5, 5.41) is 7.13. The monoisotopic (exact) mass is 328 g/mol. The van der Waals surface area contributed by atoms with E-state index >= 15 is 0 Å². The average Bonchev–Trinajstić information content (AvgIpc) is 3.02. The summed E-state index contributed by atoms with van der Waals surface area (Å²) < 4.78 is 1.78. The molecule has 0 bridgehead atoms. The van der Waals surface area contributed by atoms with Crippen LogP contribution in [0.2, 0.25) is 0 Å². The molecule has 1 aliphatic rings. The number of piperazine rings is 1. The van der Waals surface area contributed by atoms with E-state index in [1.54, 1.807) is 10.9 Å². The Labute approximate surface area is 142 Å². The Morgan fingerprint density at radius 2 is 2.04 bits per heavy atom. The van der Waals surface area contributed by atoms with Crippen LogP contribution in [0.5, 0.6) is 0 Å². The number of pyridine rings is 1. The van der Waals surface area contributed by atoms with E-state index < -0.39 is 0 Å². The summed E-state index contributed by atoms with van der Waals surface area (Å²) in [6.07, 6.45) is 8.31. The minimum absolute atomic E-state index is 0.0277. The summed E-state index contributed by atoms with van der Waals surface area (Å²) >= 11 is 0. The van der Waals surface area contributed by atoms with Crippen molar-refractivity contribution in [2.24, 2.45) is 7.05 Å². The van der Waals surface area contributed by atoms with Gasteiger partial charge in [0.25, 0.3) is 0 Å². The van der Waals surface area contributed by atoms with E-state index in [0.29, 0.717) is 6.54 Å². The number of hydrogen-bond donors (Lipinski definition) is 1. The molecule has 1 aliphatic heterocycles. The number of aromatic nitrogens is 3. The summed E-state index contributed by atoms with van der Waals surface area (Å²) in [5.74, 6) is 0. The Morgan fingerprint density at radius 3 is 2.71 bits per heavy atom. The van der Waals surface area contributed by atoms with Gasteiger partial charge in [-0.1, -0.05) is 6.07 Å². The lowest BCUT2D eigenvalue weighted by Gasteiger charge is -2.34. The number of nitrogens with one attached hydrogen (secondary N) is 1. The Hall–Kier alpha value is -2.41. The minimum atomic E-state index is 0.0277. The molecule has 2 aromatic rings. The SMILES string of the molecule is Cn1cc(CCNC(=O)N2CCN(Cc3cccnc3)CC2)cn1. The second kappa shape index (κ2) is 7.92. The van der Waals surface area contributed by atoms with E-state index in [0.717, 1.165) is 44.7 Å². The number of carbonyl (C=O) groups excluding carboxylic acids is 1. The highest BCUT2D eigenvalue weighted by Gasteiger charge is 2.20. The summed E-state index contributed by atoms with van der Waals surface area (Å²) in [7, 11) is 1.90. The molecule has 0 saturated carbocycles. The fourth-order valence-electron chi connectivity index (χ4n) is 2.89. The Morgan fingerprint density at radius 1 is 1.21 bits per heavy atom. The molecule has 2 aromatic heterocycles. The van der Waals surface area contributed by atoms with E-state index in [1.165, 1.54) is 5.56 Å². The van der Waals surface area contributed by atoms with Crippen molar-refractivity contribution >= 4 is 6.03 Å². The van der Waals surface area contributed by atoms with Crippen LogP contribution in [-0.4, -0.2) is 63.3 Å². The molecule has 1 fully saturated rings. The lowest BCUT2D eigenvalue weighted by molar-refractivity contribution is 0.135. The van der Waals surface area contributed by atoms with Crippen molar-refractivity contribution in [2.45, 2.75) is 13.0 Å². The standard InChI is InChI=1S/C17H24N6O/c1-21-13-16(12-20-21)4-6-19-17(24)23-9-7-22(8-10-23)14-15-3-2-5-18-11-15/h2-3,5,11-13H,4,6-10,14H2,1H3,(H,19,24). The van der Waals surface area contributed by atoms with Gasteiger partial charge in [-0.05, 0) is 23.6 Å². The number of rotatable bonds is 5. The van der Waals surface area contributed by atoms with Gasteiger partial charge < -0.3 is 10.2 Å². The highest BCUT2D eigenvalue weighted by Crippen LogP contribution is 2.07. The van der Waals surface area contributed by atoms with Gasteiger partial charge in [-0.2, -0.15) is 5.10 Å². The van der Waals surface area contributed by atoms with Gasteiger partial charge in [-0.3, -0.25) is 14.6 Å². The van der Waals surface area contributed by atoms with Crippen molar-refractivity contribution in [1.82, 2.24) is 29.9 Å². The first-order valence-electron chi connectivity index (χ1n) is 8.32. The number of amides is 2. The summed E-state index contributed by atoms with van der Waals surface area (Å²) in [4.78, 5) is 20.6. The van der Waals surface area contributed by atoms with Gasteiger partial charge in [0.05, 0.1) is 6.20 Å². The Bertz CT molecular complexity index is 648. The van der Waals surface area contributed by atoms with Gasteiger partial charge >= 0.3 is 6.03 Å². The van der Waals surface area contributed by atoms with Crippen LogP contribution in [0.25, 0.3) is 0 Å². The molecule has 7 heteroatoms. The quantitative estimate of drug-likeness (QED) is 0.885. The van der Waals surface area contributed by atoms with Gasteiger partial charge in [0.15, 0.2) is 0 Å². The highest BCUT2D eigenvalue weighted by molar-refractivity contribution is 5.74. The Balaban J connectivity index is 1.37. The molecule has 0 aromatic carbocycles. The van der Waals surface area contributed by atoms with Crippen molar-refractivity contribution in [3.63, 3.8) is 0 Å². The van der Waals surface area contributed by atoms with Crippen LogP contribution in [0, 0.1) is 0 Å². The number of hydrogen-bond acceptors (Lipinski definition) is 4. The number of carbonyl (C=O) groups is 1. The molecule has 1 saturated heterocycles. The maximum absolute atomic E-state index is 12.2. The van der Waals surface area contributed by atoms with Gasteiger partial charge in [-0.25, -0.2) is 4.79 Å². The van der Waals surface area contributed by atoms with Gasteiger partial charge in [0.1, 0.15) is 0 Å². The van der Waals surface area contributed by atoms with E-state index in [1.807, 2.05) is 36.6 Å². The molecule has 0 atom stereocenters. The van der Waals surface area contributed by atoms with Crippen LogP contribution < -0.4 is 5.32 Å². The molecule has 0 spiro atoms. The lowest BCUT2D eigenvalue weighted by atomic mass is 10.2. The molecule has 0 aliphatic carbocycles. The first-order chi connectivity index (χ1) is 11.7. The van der Waals surface area contributed by atoms with Crippen molar-refractivity contribution in [1.29, 1.82) is 0 Å². The smallest absolute Gasteiger partial charge is 0.317 e. The fraction of sp³-hybridized carbons (Fsp3) is 0.471.